The Morgan fingerprint density at radius 2 is 2.30 bits per heavy atom. The van der Waals surface area contributed by atoms with Crippen molar-refractivity contribution in [3.8, 4) is 5.75 Å². The second-order valence-electron chi connectivity index (χ2n) is 6.66. The lowest BCUT2D eigenvalue weighted by Gasteiger charge is -2.22. The SMILES string of the molecule is CN=C(NCCc1cnn(C)c1)NC1CCN(c2cc(Cl)ccc2OC)C1. The molecule has 2 N–H and O–H groups in total. The number of anilines is 1. The molecule has 1 atom stereocenters. The molecular formula is C19H27ClN6O. The number of aromatic nitrogens is 2. The highest BCUT2D eigenvalue weighted by atomic mass is 35.5. The normalized spacial score (nSPS) is 17.3. The fourth-order valence-electron chi connectivity index (χ4n) is 3.32. The van der Waals surface area contributed by atoms with E-state index in [0.717, 1.165) is 54.9 Å². The van der Waals surface area contributed by atoms with Crippen LogP contribution in [0.3, 0.4) is 0 Å². The Kier molecular flexibility index (Phi) is 6.45. The van der Waals surface area contributed by atoms with Gasteiger partial charge in [-0.3, -0.25) is 9.67 Å². The van der Waals surface area contributed by atoms with Gasteiger partial charge in [-0.2, -0.15) is 5.10 Å². The molecule has 1 aromatic heterocycles. The van der Waals surface area contributed by atoms with Gasteiger partial charge >= 0.3 is 0 Å². The molecule has 1 aromatic carbocycles. The quantitative estimate of drug-likeness (QED) is 0.584. The molecule has 7 nitrogen and oxygen atoms in total. The number of methoxy groups -OCH3 is 1. The van der Waals surface area contributed by atoms with E-state index in [9.17, 15) is 0 Å². The number of ether oxygens (including phenoxy) is 1. The fraction of sp³-hybridized carbons (Fsp3) is 0.474. The number of nitrogens with one attached hydrogen (secondary N) is 2. The van der Waals surface area contributed by atoms with Crippen LogP contribution in [-0.4, -0.2) is 55.6 Å². The molecule has 2 heterocycles. The van der Waals surface area contributed by atoms with Crippen molar-refractivity contribution in [1.82, 2.24) is 20.4 Å². The minimum atomic E-state index is 0.318. The third-order valence-electron chi connectivity index (χ3n) is 4.70. The van der Waals surface area contributed by atoms with Crippen LogP contribution in [0.1, 0.15) is 12.0 Å². The van der Waals surface area contributed by atoms with Crippen molar-refractivity contribution in [1.29, 1.82) is 0 Å². The molecule has 1 aliphatic heterocycles. The summed E-state index contributed by atoms with van der Waals surface area (Å²) in [6.45, 7) is 2.63. The number of hydrogen-bond donors (Lipinski definition) is 2. The molecule has 27 heavy (non-hydrogen) atoms. The van der Waals surface area contributed by atoms with Gasteiger partial charge in [0.05, 0.1) is 19.0 Å². The summed E-state index contributed by atoms with van der Waals surface area (Å²) in [4.78, 5) is 6.64. The zero-order chi connectivity index (χ0) is 19.2. The summed E-state index contributed by atoms with van der Waals surface area (Å²) >= 11 is 6.17. The standard InChI is InChI=1S/C19H27ClN6O/c1-21-19(22-8-6-14-11-23-25(2)12-14)24-16-7-9-26(13-16)17-10-15(20)4-5-18(17)27-3/h4-5,10-12,16H,6-9,13H2,1-3H3,(H2,21,22,24). The minimum Gasteiger partial charge on any atom is -0.495 e. The van der Waals surface area contributed by atoms with Gasteiger partial charge in [0.15, 0.2) is 5.96 Å². The molecule has 0 radical (unpaired) electrons. The van der Waals surface area contributed by atoms with Crippen molar-refractivity contribution in [3.63, 3.8) is 0 Å². The summed E-state index contributed by atoms with van der Waals surface area (Å²) in [7, 11) is 5.41. The summed E-state index contributed by atoms with van der Waals surface area (Å²) in [6, 6.07) is 6.04. The first-order valence-corrected chi connectivity index (χ1v) is 9.50. The highest BCUT2D eigenvalue weighted by Gasteiger charge is 2.25. The molecule has 8 heteroatoms. The Balaban J connectivity index is 1.51. The zero-order valence-corrected chi connectivity index (χ0v) is 16.8. The molecule has 1 unspecified atom stereocenters. The molecule has 0 bridgehead atoms. The average molecular weight is 391 g/mol. The molecular weight excluding hydrogens is 364 g/mol. The predicted octanol–water partition coefficient (Wildman–Crippen LogP) is 2.07. The molecule has 1 fully saturated rings. The van der Waals surface area contributed by atoms with Gasteiger partial charge < -0.3 is 20.3 Å². The van der Waals surface area contributed by atoms with Crippen LogP contribution >= 0.6 is 11.6 Å². The van der Waals surface area contributed by atoms with Crippen LogP contribution in [0.5, 0.6) is 5.75 Å². The number of guanidine groups is 1. The van der Waals surface area contributed by atoms with E-state index >= 15 is 0 Å². The van der Waals surface area contributed by atoms with Gasteiger partial charge in [-0.05, 0) is 36.6 Å². The topological polar surface area (TPSA) is 66.7 Å². The Morgan fingerprint density at radius 1 is 1.44 bits per heavy atom. The van der Waals surface area contributed by atoms with Crippen LogP contribution in [-0.2, 0) is 13.5 Å². The van der Waals surface area contributed by atoms with Crippen LogP contribution < -0.4 is 20.3 Å². The average Bonchev–Trinajstić information content (AvgIpc) is 3.30. The van der Waals surface area contributed by atoms with Crippen molar-refractivity contribution < 1.29 is 4.74 Å². The highest BCUT2D eigenvalue weighted by molar-refractivity contribution is 6.30. The Morgan fingerprint density at radius 3 is 3.00 bits per heavy atom. The molecule has 0 spiro atoms. The summed E-state index contributed by atoms with van der Waals surface area (Å²) in [5.41, 5.74) is 2.24. The molecule has 0 amide bonds. The smallest absolute Gasteiger partial charge is 0.191 e. The number of halogens is 1. The van der Waals surface area contributed by atoms with Gasteiger partial charge in [-0.15, -0.1) is 0 Å². The first-order chi connectivity index (χ1) is 13.1. The summed E-state index contributed by atoms with van der Waals surface area (Å²) in [5.74, 6) is 1.67. The third kappa shape index (κ3) is 5.07. The van der Waals surface area contributed by atoms with Crippen LogP contribution in [0.2, 0.25) is 5.02 Å². The Hall–Kier alpha value is -2.41. The first-order valence-electron chi connectivity index (χ1n) is 9.12. The molecule has 2 aromatic rings. The van der Waals surface area contributed by atoms with Crippen molar-refractivity contribution in [3.05, 3.63) is 41.2 Å². The minimum absolute atomic E-state index is 0.318. The largest absolute Gasteiger partial charge is 0.495 e. The van der Waals surface area contributed by atoms with E-state index in [1.165, 1.54) is 5.56 Å². The molecule has 0 aliphatic carbocycles. The van der Waals surface area contributed by atoms with Gasteiger partial charge in [-0.25, -0.2) is 0 Å². The zero-order valence-electron chi connectivity index (χ0n) is 16.1. The molecule has 1 saturated heterocycles. The van der Waals surface area contributed by atoms with Crippen molar-refractivity contribution in [2.45, 2.75) is 18.9 Å². The lowest BCUT2D eigenvalue weighted by atomic mass is 10.2. The molecule has 0 saturated carbocycles. The van der Waals surface area contributed by atoms with Crippen molar-refractivity contribution >= 4 is 23.2 Å². The maximum atomic E-state index is 6.17. The fourth-order valence-corrected chi connectivity index (χ4v) is 3.49. The van der Waals surface area contributed by atoms with Gasteiger partial charge in [0, 0.05) is 51.0 Å². The van der Waals surface area contributed by atoms with E-state index in [2.05, 4.69) is 25.6 Å². The number of hydrogen-bond acceptors (Lipinski definition) is 4. The Bertz CT molecular complexity index is 790. The molecule has 3 rings (SSSR count). The van der Waals surface area contributed by atoms with E-state index < -0.39 is 0 Å². The number of nitrogens with zero attached hydrogens (tertiary/aromatic N) is 4. The van der Waals surface area contributed by atoms with E-state index in [-0.39, 0.29) is 0 Å². The second-order valence-corrected chi connectivity index (χ2v) is 7.10. The monoisotopic (exact) mass is 390 g/mol. The lowest BCUT2D eigenvalue weighted by Crippen LogP contribution is -2.45. The summed E-state index contributed by atoms with van der Waals surface area (Å²) < 4.78 is 7.30. The highest BCUT2D eigenvalue weighted by Crippen LogP contribution is 2.33. The van der Waals surface area contributed by atoms with Crippen LogP contribution in [0.4, 0.5) is 5.69 Å². The van der Waals surface area contributed by atoms with Gasteiger partial charge in [0.2, 0.25) is 0 Å². The third-order valence-corrected chi connectivity index (χ3v) is 4.93. The maximum Gasteiger partial charge on any atom is 0.191 e. The van der Waals surface area contributed by atoms with Crippen LogP contribution in [0.25, 0.3) is 0 Å². The predicted molar refractivity (Wildman–Crippen MR) is 110 cm³/mol. The number of aryl methyl sites for hydroxylation is 1. The molecule has 1 aliphatic rings. The van der Waals surface area contributed by atoms with Gasteiger partial charge in [0.25, 0.3) is 0 Å². The van der Waals surface area contributed by atoms with E-state index in [1.807, 2.05) is 42.3 Å². The van der Waals surface area contributed by atoms with Crippen molar-refractivity contribution in [2.24, 2.45) is 12.0 Å². The van der Waals surface area contributed by atoms with Crippen molar-refractivity contribution in [2.75, 3.05) is 38.7 Å². The number of benzene rings is 1. The number of aliphatic imine (C=N–C) groups is 1. The summed E-state index contributed by atoms with van der Waals surface area (Å²) in [5, 5.41) is 11.8. The second kappa shape index (κ2) is 8.99. The lowest BCUT2D eigenvalue weighted by molar-refractivity contribution is 0.415. The van der Waals surface area contributed by atoms with E-state index in [0.29, 0.717) is 6.04 Å². The van der Waals surface area contributed by atoms with Crippen LogP contribution in [0, 0.1) is 0 Å². The number of rotatable bonds is 6. The van der Waals surface area contributed by atoms with Gasteiger partial charge in [0.1, 0.15) is 5.75 Å². The van der Waals surface area contributed by atoms with Gasteiger partial charge in [-0.1, -0.05) is 11.6 Å². The maximum absolute atomic E-state index is 6.17. The molecule has 146 valence electrons. The Labute approximate surface area is 165 Å². The van der Waals surface area contributed by atoms with Crippen LogP contribution in [0.15, 0.2) is 35.6 Å². The first kappa shape index (κ1) is 19.4. The van der Waals surface area contributed by atoms with E-state index in [1.54, 1.807) is 14.2 Å². The van der Waals surface area contributed by atoms with E-state index in [4.69, 9.17) is 16.3 Å². The summed E-state index contributed by atoms with van der Waals surface area (Å²) in [6.07, 6.45) is 5.86.